The molecule has 1 saturated heterocycles. The molecule has 78 valence electrons. The van der Waals surface area contributed by atoms with Crippen LogP contribution in [0.25, 0.3) is 0 Å². The van der Waals surface area contributed by atoms with Gasteiger partial charge in [-0.05, 0) is 18.8 Å². The molecule has 1 unspecified atom stereocenters. The van der Waals surface area contributed by atoms with Crippen LogP contribution in [0.1, 0.15) is 38.5 Å². The Balaban J connectivity index is 1.90. The van der Waals surface area contributed by atoms with Gasteiger partial charge >= 0.3 is 0 Å². The summed E-state index contributed by atoms with van der Waals surface area (Å²) in [4.78, 5) is 11.1. The summed E-state index contributed by atoms with van der Waals surface area (Å²) >= 11 is 0. The normalized spacial score (nSPS) is 28.9. The summed E-state index contributed by atoms with van der Waals surface area (Å²) in [6.07, 6.45) is 7.34. The molecule has 2 fully saturated rings. The molecule has 2 heteroatoms. The number of rotatable bonds is 2. The third-order valence-electron chi connectivity index (χ3n) is 3.63. The van der Waals surface area contributed by atoms with Crippen molar-refractivity contribution in [2.45, 2.75) is 38.5 Å². The molecular weight excluding hydrogens is 174 g/mol. The molecule has 1 amide bonds. The van der Waals surface area contributed by atoms with E-state index >= 15 is 0 Å². The van der Waals surface area contributed by atoms with Crippen LogP contribution in [-0.4, -0.2) is 12.5 Å². The van der Waals surface area contributed by atoms with Crippen LogP contribution < -0.4 is 5.32 Å². The first kappa shape index (κ1) is 9.75. The number of hydrogen-bond acceptors (Lipinski definition) is 1. The van der Waals surface area contributed by atoms with E-state index in [4.69, 9.17) is 0 Å². The number of carbonyl (C=O) groups is 1. The van der Waals surface area contributed by atoms with Crippen molar-refractivity contribution >= 4 is 5.91 Å². The number of amides is 1. The summed E-state index contributed by atoms with van der Waals surface area (Å²) in [6, 6.07) is 0. The number of hydrogen-bond donors (Lipinski definition) is 1. The summed E-state index contributed by atoms with van der Waals surface area (Å²) in [6.45, 7) is 5.03. The molecule has 1 atom stereocenters. The highest BCUT2D eigenvalue weighted by atomic mass is 16.1. The molecule has 1 heterocycles. The average molecular weight is 193 g/mol. The molecule has 1 aliphatic carbocycles. The minimum Gasteiger partial charge on any atom is -0.355 e. The maximum Gasteiger partial charge on any atom is 0.220 e. The molecule has 0 aromatic carbocycles. The third kappa shape index (κ3) is 1.99. The monoisotopic (exact) mass is 193 g/mol. The molecule has 0 aromatic rings. The van der Waals surface area contributed by atoms with Gasteiger partial charge in [0, 0.05) is 18.9 Å². The van der Waals surface area contributed by atoms with Crippen LogP contribution in [-0.2, 0) is 4.79 Å². The van der Waals surface area contributed by atoms with E-state index in [-0.39, 0.29) is 5.91 Å². The zero-order chi connectivity index (χ0) is 9.97. The van der Waals surface area contributed by atoms with Crippen LogP contribution in [0.3, 0.4) is 0 Å². The van der Waals surface area contributed by atoms with Gasteiger partial charge in [0.1, 0.15) is 0 Å². The van der Waals surface area contributed by atoms with Crippen molar-refractivity contribution < 1.29 is 4.79 Å². The molecule has 0 bridgehead atoms. The summed E-state index contributed by atoms with van der Waals surface area (Å²) in [5.74, 6) is 1.32. The van der Waals surface area contributed by atoms with E-state index in [9.17, 15) is 4.79 Å². The first-order chi connectivity index (χ1) is 6.77. The van der Waals surface area contributed by atoms with Crippen LogP contribution in [0.2, 0.25) is 0 Å². The van der Waals surface area contributed by atoms with Crippen LogP contribution >= 0.6 is 0 Å². The fourth-order valence-corrected chi connectivity index (χ4v) is 2.67. The zero-order valence-corrected chi connectivity index (χ0v) is 8.72. The predicted octanol–water partition coefficient (Wildman–Crippen LogP) is 2.26. The molecule has 2 rings (SSSR count). The minimum atomic E-state index is 0.201. The maximum atomic E-state index is 11.1. The Bertz CT molecular complexity index is 241. The smallest absolute Gasteiger partial charge is 0.220 e. The Labute approximate surface area is 85.8 Å². The van der Waals surface area contributed by atoms with Gasteiger partial charge in [-0.25, -0.2) is 0 Å². The topological polar surface area (TPSA) is 29.1 Å². The van der Waals surface area contributed by atoms with Gasteiger partial charge in [-0.15, -0.1) is 0 Å². The van der Waals surface area contributed by atoms with Crippen molar-refractivity contribution in [2.24, 2.45) is 11.8 Å². The Kier molecular flexibility index (Phi) is 2.90. The first-order valence-corrected chi connectivity index (χ1v) is 5.73. The van der Waals surface area contributed by atoms with Crippen molar-refractivity contribution in [2.75, 3.05) is 6.54 Å². The van der Waals surface area contributed by atoms with Gasteiger partial charge in [0.15, 0.2) is 0 Å². The van der Waals surface area contributed by atoms with E-state index in [1.54, 1.807) is 0 Å². The minimum absolute atomic E-state index is 0.201. The lowest BCUT2D eigenvalue weighted by Crippen LogP contribution is -2.18. The SMILES string of the molecule is C=C(C1CCCCC1)C1CNC(=O)C1. The fourth-order valence-electron chi connectivity index (χ4n) is 2.67. The van der Waals surface area contributed by atoms with E-state index in [0.29, 0.717) is 18.3 Å². The number of carbonyl (C=O) groups excluding carboxylic acids is 1. The lowest BCUT2D eigenvalue weighted by atomic mass is 9.79. The first-order valence-electron chi connectivity index (χ1n) is 5.73. The van der Waals surface area contributed by atoms with Gasteiger partial charge in [-0.2, -0.15) is 0 Å². The molecule has 14 heavy (non-hydrogen) atoms. The molecule has 0 aromatic heterocycles. The van der Waals surface area contributed by atoms with Crippen LogP contribution in [0.15, 0.2) is 12.2 Å². The maximum absolute atomic E-state index is 11.1. The highest BCUT2D eigenvalue weighted by Gasteiger charge is 2.28. The zero-order valence-electron chi connectivity index (χ0n) is 8.72. The summed E-state index contributed by atoms with van der Waals surface area (Å²) in [5, 5.41) is 2.89. The molecule has 1 N–H and O–H groups in total. The Morgan fingerprint density at radius 2 is 1.93 bits per heavy atom. The molecule has 0 spiro atoms. The van der Waals surface area contributed by atoms with Gasteiger partial charge in [-0.1, -0.05) is 31.4 Å². The van der Waals surface area contributed by atoms with Crippen molar-refractivity contribution in [1.29, 1.82) is 0 Å². The van der Waals surface area contributed by atoms with Crippen LogP contribution in [0.5, 0.6) is 0 Å². The Hall–Kier alpha value is -0.790. The van der Waals surface area contributed by atoms with Crippen LogP contribution in [0, 0.1) is 11.8 Å². The lowest BCUT2D eigenvalue weighted by Gasteiger charge is -2.26. The average Bonchev–Trinajstić information content (AvgIpc) is 2.65. The predicted molar refractivity (Wildman–Crippen MR) is 56.8 cm³/mol. The van der Waals surface area contributed by atoms with Gasteiger partial charge in [0.2, 0.25) is 5.91 Å². The van der Waals surface area contributed by atoms with Gasteiger partial charge in [0.05, 0.1) is 0 Å². The summed E-state index contributed by atoms with van der Waals surface area (Å²) in [5.41, 5.74) is 1.34. The standard InChI is InChI=1S/C12H19NO/c1-9(10-5-3-2-4-6-10)11-7-12(14)13-8-11/h10-11H,1-8H2,(H,13,14). The van der Waals surface area contributed by atoms with E-state index < -0.39 is 0 Å². The molecule has 2 aliphatic rings. The lowest BCUT2D eigenvalue weighted by molar-refractivity contribution is -0.119. The van der Waals surface area contributed by atoms with Gasteiger partial charge < -0.3 is 5.32 Å². The van der Waals surface area contributed by atoms with Crippen molar-refractivity contribution in [3.8, 4) is 0 Å². The van der Waals surface area contributed by atoms with Gasteiger partial charge in [0.25, 0.3) is 0 Å². The highest BCUT2D eigenvalue weighted by Crippen LogP contribution is 2.34. The Morgan fingerprint density at radius 1 is 1.21 bits per heavy atom. The van der Waals surface area contributed by atoms with Crippen molar-refractivity contribution in [3.63, 3.8) is 0 Å². The largest absolute Gasteiger partial charge is 0.355 e. The highest BCUT2D eigenvalue weighted by molar-refractivity contribution is 5.78. The van der Waals surface area contributed by atoms with Gasteiger partial charge in [-0.3, -0.25) is 4.79 Å². The quantitative estimate of drug-likeness (QED) is 0.670. The Morgan fingerprint density at radius 3 is 2.50 bits per heavy atom. The second-order valence-corrected chi connectivity index (χ2v) is 4.61. The van der Waals surface area contributed by atoms with E-state index in [1.165, 1.54) is 37.7 Å². The molecule has 0 radical (unpaired) electrons. The fraction of sp³-hybridized carbons (Fsp3) is 0.750. The third-order valence-corrected chi connectivity index (χ3v) is 3.63. The molecular formula is C12H19NO. The van der Waals surface area contributed by atoms with E-state index in [2.05, 4.69) is 11.9 Å². The van der Waals surface area contributed by atoms with Crippen molar-refractivity contribution in [3.05, 3.63) is 12.2 Å². The molecule has 1 saturated carbocycles. The summed E-state index contributed by atoms with van der Waals surface area (Å²) < 4.78 is 0. The molecule has 1 aliphatic heterocycles. The number of nitrogens with one attached hydrogen (secondary N) is 1. The van der Waals surface area contributed by atoms with Crippen LogP contribution in [0.4, 0.5) is 0 Å². The second kappa shape index (κ2) is 4.16. The van der Waals surface area contributed by atoms with E-state index in [0.717, 1.165) is 6.54 Å². The summed E-state index contributed by atoms with van der Waals surface area (Å²) in [7, 11) is 0. The second-order valence-electron chi connectivity index (χ2n) is 4.61. The van der Waals surface area contributed by atoms with E-state index in [1.807, 2.05) is 0 Å². The van der Waals surface area contributed by atoms with Crippen molar-refractivity contribution in [1.82, 2.24) is 5.32 Å². The molecule has 2 nitrogen and oxygen atoms in total.